The molecule has 0 aliphatic heterocycles. The Morgan fingerprint density at radius 3 is 2.45 bits per heavy atom. The summed E-state index contributed by atoms with van der Waals surface area (Å²) >= 11 is 0. The summed E-state index contributed by atoms with van der Waals surface area (Å²) in [6.45, 7) is 2.11. The lowest BCUT2D eigenvalue weighted by Gasteiger charge is -2.09. The van der Waals surface area contributed by atoms with Crippen LogP contribution in [0.25, 0.3) is 11.1 Å². The molecule has 0 unspecified atom stereocenters. The molecule has 2 rings (SSSR count). The molecule has 0 spiro atoms. The highest BCUT2D eigenvalue weighted by Crippen LogP contribution is 2.23. The second-order valence-corrected chi connectivity index (χ2v) is 4.82. The Morgan fingerprint density at radius 1 is 1.05 bits per heavy atom. The zero-order valence-corrected chi connectivity index (χ0v) is 11.6. The minimum Gasteiger partial charge on any atom is -0.294 e. The first kappa shape index (κ1) is 14.2. The Labute approximate surface area is 119 Å². The van der Waals surface area contributed by atoms with Gasteiger partial charge >= 0.3 is 0 Å². The molecule has 0 N–H and O–H groups in total. The predicted molar refractivity (Wildman–Crippen MR) is 80.9 cm³/mol. The molecule has 2 aromatic carbocycles. The molecule has 0 saturated heterocycles. The van der Waals surface area contributed by atoms with E-state index in [9.17, 15) is 9.59 Å². The third-order valence-corrected chi connectivity index (χ3v) is 3.38. The van der Waals surface area contributed by atoms with E-state index in [0.717, 1.165) is 36.0 Å². The maximum absolute atomic E-state index is 11.7. The van der Waals surface area contributed by atoms with Crippen LogP contribution in [0.4, 0.5) is 0 Å². The molecule has 20 heavy (non-hydrogen) atoms. The summed E-state index contributed by atoms with van der Waals surface area (Å²) in [5.74, 6) is -0.435. The average molecular weight is 266 g/mol. The average Bonchev–Trinajstić information content (AvgIpc) is 2.52. The highest BCUT2D eigenvalue weighted by atomic mass is 16.2. The van der Waals surface area contributed by atoms with Crippen molar-refractivity contribution in [2.24, 2.45) is 0 Å². The largest absolute Gasteiger partial charge is 0.294 e. The maximum Gasteiger partial charge on any atom is 0.225 e. The van der Waals surface area contributed by atoms with Crippen molar-refractivity contribution in [3.8, 4) is 11.1 Å². The molecule has 0 aromatic heterocycles. The summed E-state index contributed by atoms with van der Waals surface area (Å²) in [7, 11) is 0. The fraction of sp³-hybridized carbons (Fsp3) is 0.222. The molecule has 0 amide bonds. The molecule has 0 saturated carbocycles. The van der Waals surface area contributed by atoms with E-state index < -0.39 is 5.78 Å². The molecule has 0 aliphatic carbocycles. The Kier molecular flexibility index (Phi) is 4.83. The van der Waals surface area contributed by atoms with Gasteiger partial charge in [-0.3, -0.25) is 9.59 Å². The van der Waals surface area contributed by atoms with Crippen LogP contribution in [0.5, 0.6) is 0 Å². The van der Waals surface area contributed by atoms with Crippen LogP contribution in [-0.2, 0) is 11.2 Å². The van der Waals surface area contributed by atoms with E-state index in [1.807, 2.05) is 42.5 Å². The Hall–Kier alpha value is -2.22. The van der Waals surface area contributed by atoms with Crippen LogP contribution >= 0.6 is 0 Å². The van der Waals surface area contributed by atoms with Gasteiger partial charge in [-0.1, -0.05) is 61.9 Å². The van der Waals surface area contributed by atoms with E-state index >= 15 is 0 Å². The topological polar surface area (TPSA) is 34.1 Å². The Morgan fingerprint density at radius 2 is 1.80 bits per heavy atom. The number of benzene rings is 2. The first-order valence-corrected chi connectivity index (χ1v) is 6.94. The first-order valence-electron chi connectivity index (χ1n) is 6.94. The van der Waals surface area contributed by atoms with Crippen LogP contribution in [-0.4, -0.2) is 12.1 Å². The Bertz CT molecular complexity index is 600. The van der Waals surface area contributed by atoms with Gasteiger partial charge in [0.2, 0.25) is 5.78 Å². The van der Waals surface area contributed by atoms with Crippen LogP contribution in [0.15, 0.2) is 48.5 Å². The van der Waals surface area contributed by atoms with Gasteiger partial charge in [-0.05, 0) is 29.5 Å². The fourth-order valence-corrected chi connectivity index (χ4v) is 2.28. The van der Waals surface area contributed by atoms with E-state index in [2.05, 4.69) is 6.92 Å². The van der Waals surface area contributed by atoms with Crippen LogP contribution in [0.2, 0.25) is 0 Å². The maximum atomic E-state index is 11.7. The number of carbonyl (C=O) groups is 2. The molecular weight excluding hydrogens is 248 g/mol. The summed E-state index contributed by atoms with van der Waals surface area (Å²) in [6, 6.07) is 15.7. The molecule has 0 atom stereocenters. The van der Waals surface area contributed by atoms with E-state index in [-0.39, 0.29) is 0 Å². The van der Waals surface area contributed by atoms with Gasteiger partial charge in [0, 0.05) is 5.56 Å². The molecule has 2 heteroatoms. The fourth-order valence-electron chi connectivity index (χ4n) is 2.28. The monoisotopic (exact) mass is 266 g/mol. The van der Waals surface area contributed by atoms with Crippen LogP contribution in [0, 0.1) is 0 Å². The van der Waals surface area contributed by atoms with Crippen molar-refractivity contribution in [1.82, 2.24) is 0 Å². The van der Waals surface area contributed by atoms with Crippen molar-refractivity contribution in [1.29, 1.82) is 0 Å². The second kappa shape index (κ2) is 6.80. The molecule has 2 aromatic rings. The summed E-state index contributed by atoms with van der Waals surface area (Å²) in [4.78, 5) is 22.4. The molecule has 102 valence electrons. The number of carbonyl (C=O) groups excluding carboxylic acids is 2. The minimum absolute atomic E-state index is 0.396. The zero-order valence-electron chi connectivity index (χ0n) is 11.6. The Balaban J connectivity index is 2.42. The van der Waals surface area contributed by atoms with Gasteiger partial charge < -0.3 is 0 Å². The van der Waals surface area contributed by atoms with E-state index in [1.54, 1.807) is 6.07 Å². The number of unbranched alkanes of at least 4 members (excludes halogenated alkanes) is 1. The lowest BCUT2D eigenvalue weighted by molar-refractivity contribution is -0.104. The van der Waals surface area contributed by atoms with Crippen molar-refractivity contribution >= 4 is 12.1 Å². The van der Waals surface area contributed by atoms with Crippen LogP contribution < -0.4 is 0 Å². The van der Waals surface area contributed by atoms with Crippen molar-refractivity contribution < 1.29 is 9.59 Å². The third kappa shape index (κ3) is 3.21. The van der Waals surface area contributed by atoms with Crippen LogP contribution in [0.3, 0.4) is 0 Å². The molecule has 0 radical (unpaired) electrons. The summed E-state index contributed by atoms with van der Waals surface area (Å²) < 4.78 is 0. The molecule has 2 nitrogen and oxygen atoms in total. The van der Waals surface area contributed by atoms with Gasteiger partial charge in [-0.25, -0.2) is 0 Å². The van der Waals surface area contributed by atoms with Gasteiger partial charge in [0.05, 0.1) is 0 Å². The van der Waals surface area contributed by atoms with Gasteiger partial charge in [-0.15, -0.1) is 0 Å². The number of ketones is 1. The summed E-state index contributed by atoms with van der Waals surface area (Å²) in [5, 5.41) is 0. The van der Waals surface area contributed by atoms with Gasteiger partial charge in [-0.2, -0.15) is 0 Å². The first-order chi connectivity index (χ1) is 9.76. The van der Waals surface area contributed by atoms with Crippen molar-refractivity contribution in [3.05, 3.63) is 59.7 Å². The lowest BCUT2D eigenvalue weighted by atomic mass is 9.94. The van der Waals surface area contributed by atoms with Crippen molar-refractivity contribution in [2.45, 2.75) is 26.2 Å². The van der Waals surface area contributed by atoms with Crippen molar-refractivity contribution in [2.75, 3.05) is 0 Å². The number of hydrogen-bond donors (Lipinski definition) is 0. The summed E-state index contributed by atoms with van der Waals surface area (Å²) in [6.07, 6.45) is 3.29. The third-order valence-electron chi connectivity index (χ3n) is 3.38. The SMILES string of the molecule is CCCCc1cc(-c2ccccc2)ccc1C(=O)C=O. The minimum atomic E-state index is -0.435. The number of Topliss-reactive ketones (excluding diaryl/α,β-unsaturated/α-hetero) is 1. The standard InChI is InChI=1S/C18H18O2/c1-2-3-7-16-12-15(14-8-5-4-6-9-14)10-11-17(16)18(20)13-19/h4-6,8-13H,2-3,7H2,1H3. The molecule has 0 heterocycles. The van der Waals surface area contributed by atoms with Crippen LogP contribution in [0.1, 0.15) is 35.7 Å². The summed E-state index contributed by atoms with van der Waals surface area (Å²) in [5.41, 5.74) is 3.70. The normalized spacial score (nSPS) is 10.2. The number of aryl methyl sites for hydroxylation is 1. The number of rotatable bonds is 6. The second-order valence-electron chi connectivity index (χ2n) is 4.82. The predicted octanol–water partition coefficient (Wildman–Crippen LogP) is 4.08. The van der Waals surface area contributed by atoms with E-state index in [4.69, 9.17) is 0 Å². The quantitative estimate of drug-likeness (QED) is 0.448. The zero-order chi connectivity index (χ0) is 14.4. The number of hydrogen-bond acceptors (Lipinski definition) is 2. The van der Waals surface area contributed by atoms with E-state index in [0.29, 0.717) is 11.8 Å². The van der Waals surface area contributed by atoms with Gasteiger partial charge in [0.15, 0.2) is 6.29 Å². The van der Waals surface area contributed by atoms with E-state index in [1.165, 1.54) is 0 Å². The molecular formula is C18H18O2. The van der Waals surface area contributed by atoms with Gasteiger partial charge in [0.25, 0.3) is 0 Å². The van der Waals surface area contributed by atoms with Gasteiger partial charge in [0.1, 0.15) is 0 Å². The van der Waals surface area contributed by atoms with Crippen molar-refractivity contribution in [3.63, 3.8) is 0 Å². The smallest absolute Gasteiger partial charge is 0.225 e. The number of aldehydes is 1. The highest BCUT2D eigenvalue weighted by molar-refractivity contribution is 6.33. The molecule has 0 fully saturated rings. The molecule has 0 bridgehead atoms. The highest BCUT2D eigenvalue weighted by Gasteiger charge is 2.11. The molecule has 0 aliphatic rings. The lowest BCUT2D eigenvalue weighted by Crippen LogP contribution is -2.05.